The van der Waals surface area contributed by atoms with Gasteiger partial charge in [-0.25, -0.2) is 0 Å². The minimum Gasteiger partial charge on any atom is -0.459 e. The summed E-state index contributed by atoms with van der Waals surface area (Å²) in [5, 5.41) is 6.19. The maximum absolute atomic E-state index is 12.5. The summed E-state index contributed by atoms with van der Waals surface area (Å²) in [4.78, 5) is 26.3. The molecule has 1 aromatic heterocycles. The number of rotatable bonds is 5. The molecule has 2 heterocycles. The summed E-state index contributed by atoms with van der Waals surface area (Å²) in [5.41, 5.74) is 1.10. The molecule has 1 atom stereocenters. The van der Waals surface area contributed by atoms with Crippen LogP contribution in [0.15, 0.2) is 53.1 Å². The van der Waals surface area contributed by atoms with Crippen LogP contribution in [0.1, 0.15) is 30.3 Å². The van der Waals surface area contributed by atoms with Crippen LogP contribution in [0.3, 0.4) is 0 Å². The van der Waals surface area contributed by atoms with Gasteiger partial charge in [0.2, 0.25) is 5.91 Å². The minimum atomic E-state index is -0.573. The number of nitrogens with one attached hydrogen (secondary N) is 2. The first-order chi connectivity index (χ1) is 12.1. The van der Waals surface area contributed by atoms with Crippen molar-refractivity contribution < 1.29 is 14.0 Å². The number of likely N-dealkylation sites (tertiary alicyclic amines) is 1. The number of hydrogen-bond acceptors (Lipinski definition) is 4. The summed E-state index contributed by atoms with van der Waals surface area (Å²) in [5.74, 6) is -0.213. The molecule has 1 unspecified atom stereocenters. The Balaban J connectivity index is 1.47. The molecule has 0 radical (unpaired) electrons. The fourth-order valence-corrected chi connectivity index (χ4v) is 3.03. The number of hydrogen-bond donors (Lipinski definition) is 2. The zero-order chi connectivity index (χ0) is 17.6. The zero-order valence-corrected chi connectivity index (χ0v) is 14.3. The molecule has 132 valence electrons. The van der Waals surface area contributed by atoms with E-state index < -0.39 is 6.04 Å². The Morgan fingerprint density at radius 3 is 2.48 bits per heavy atom. The Morgan fingerprint density at radius 2 is 1.84 bits per heavy atom. The average molecular weight is 341 g/mol. The van der Waals surface area contributed by atoms with Crippen LogP contribution in [-0.4, -0.2) is 41.9 Å². The lowest BCUT2D eigenvalue weighted by Gasteiger charge is -2.34. The molecule has 2 aromatic rings. The molecule has 0 aliphatic carbocycles. The molecule has 0 spiro atoms. The summed E-state index contributed by atoms with van der Waals surface area (Å²) in [7, 11) is 0. The molecular formula is C19H23N3O3. The van der Waals surface area contributed by atoms with Gasteiger partial charge >= 0.3 is 0 Å². The highest BCUT2D eigenvalue weighted by atomic mass is 16.3. The van der Waals surface area contributed by atoms with Crippen molar-refractivity contribution in [2.75, 3.05) is 18.4 Å². The van der Waals surface area contributed by atoms with Gasteiger partial charge in [-0.05, 0) is 44.0 Å². The highest BCUT2D eigenvalue weighted by Crippen LogP contribution is 2.17. The molecule has 0 saturated carbocycles. The first-order valence-electron chi connectivity index (χ1n) is 8.58. The standard InChI is InChI=1S/C19H23N3O3/c1-14(20-18(23)17-8-5-13-25-17)19(24)22-11-9-16(10-12-22)21-15-6-3-2-4-7-15/h2-8,13-14,16,21H,9-12H2,1H3,(H,20,23). The van der Waals surface area contributed by atoms with Crippen LogP contribution >= 0.6 is 0 Å². The number of carbonyl (C=O) groups excluding carboxylic acids is 2. The van der Waals surface area contributed by atoms with E-state index in [0.717, 1.165) is 18.5 Å². The molecule has 1 fully saturated rings. The van der Waals surface area contributed by atoms with Crippen LogP contribution in [0.2, 0.25) is 0 Å². The summed E-state index contributed by atoms with van der Waals surface area (Å²) in [6.45, 7) is 3.08. The van der Waals surface area contributed by atoms with Crippen molar-refractivity contribution in [1.29, 1.82) is 0 Å². The minimum absolute atomic E-state index is 0.0573. The van der Waals surface area contributed by atoms with E-state index >= 15 is 0 Å². The third kappa shape index (κ3) is 4.41. The second kappa shape index (κ2) is 7.88. The number of nitrogens with zero attached hydrogens (tertiary/aromatic N) is 1. The third-order valence-corrected chi connectivity index (χ3v) is 4.41. The van der Waals surface area contributed by atoms with E-state index in [-0.39, 0.29) is 17.6 Å². The monoisotopic (exact) mass is 341 g/mol. The van der Waals surface area contributed by atoms with E-state index in [1.54, 1.807) is 19.1 Å². The largest absolute Gasteiger partial charge is 0.459 e. The number of piperidine rings is 1. The molecule has 3 rings (SSSR count). The van der Waals surface area contributed by atoms with E-state index in [0.29, 0.717) is 19.1 Å². The van der Waals surface area contributed by atoms with Crippen molar-refractivity contribution in [3.63, 3.8) is 0 Å². The van der Waals surface area contributed by atoms with Crippen molar-refractivity contribution in [3.05, 3.63) is 54.5 Å². The van der Waals surface area contributed by atoms with Gasteiger partial charge < -0.3 is 20.0 Å². The molecule has 1 aliphatic rings. The Hall–Kier alpha value is -2.76. The van der Waals surface area contributed by atoms with Gasteiger partial charge in [-0.2, -0.15) is 0 Å². The number of carbonyl (C=O) groups is 2. The van der Waals surface area contributed by atoms with Crippen LogP contribution in [0, 0.1) is 0 Å². The third-order valence-electron chi connectivity index (χ3n) is 4.41. The van der Waals surface area contributed by atoms with Gasteiger partial charge in [0, 0.05) is 24.8 Å². The maximum atomic E-state index is 12.5. The molecule has 2 N–H and O–H groups in total. The number of benzene rings is 1. The van der Waals surface area contributed by atoms with Crippen molar-refractivity contribution >= 4 is 17.5 Å². The Kier molecular flexibility index (Phi) is 5.38. The first-order valence-corrected chi connectivity index (χ1v) is 8.58. The summed E-state index contributed by atoms with van der Waals surface area (Å²) in [6, 6.07) is 13.1. The van der Waals surface area contributed by atoms with Gasteiger partial charge in [0.15, 0.2) is 5.76 Å². The Labute approximate surface area is 147 Å². The van der Waals surface area contributed by atoms with Gasteiger partial charge in [0.1, 0.15) is 6.04 Å². The predicted molar refractivity (Wildman–Crippen MR) is 95.3 cm³/mol. The second-order valence-electron chi connectivity index (χ2n) is 6.28. The molecule has 6 nitrogen and oxygen atoms in total. The normalized spacial score (nSPS) is 16.3. The van der Waals surface area contributed by atoms with Crippen LogP contribution in [0.5, 0.6) is 0 Å². The number of anilines is 1. The van der Waals surface area contributed by atoms with Gasteiger partial charge in [-0.1, -0.05) is 18.2 Å². The molecule has 1 aromatic carbocycles. The van der Waals surface area contributed by atoms with Crippen molar-refractivity contribution in [2.45, 2.75) is 31.8 Å². The first kappa shape index (κ1) is 17.1. The van der Waals surface area contributed by atoms with Gasteiger partial charge in [-0.15, -0.1) is 0 Å². The number of amides is 2. The van der Waals surface area contributed by atoms with E-state index in [2.05, 4.69) is 10.6 Å². The smallest absolute Gasteiger partial charge is 0.287 e. The lowest BCUT2D eigenvalue weighted by Crippen LogP contribution is -2.50. The van der Waals surface area contributed by atoms with Gasteiger partial charge in [-0.3, -0.25) is 9.59 Å². The van der Waals surface area contributed by atoms with Crippen LogP contribution < -0.4 is 10.6 Å². The SMILES string of the molecule is CC(NC(=O)c1ccco1)C(=O)N1CCC(Nc2ccccc2)CC1. The van der Waals surface area contributed by atoms with E-state index in [1.165, 1.54) is 6.26 Å². The predicted octanol–water partition coefficient (Wildman–Crippen LogP) is 2.50. The fourth-order valence-electron chi connectivity index (χ4n) is 3.03. The Bertz CT molecular complexity index is 692. The highest BCUT2D eigenvalue weighted by molar-refractivity contribution is 5.95. The topological polar surface area (TPSA) is 74.6 Å². The van der Waals surface area contributed by atoms with Crippen LogP contribution in [0.4, 0.5) is 5.69 Å². The Morgan fingerprint density at radius 1 is 1.12 bits per heavy atom. The summed E-state index contributed by atoms with van der Waals surface area (Å²) < 4.78 is 5.05. The number of furan rings is 1. The highest BCUT2D eigenvalue weighted by Gasteiger charge is 2.27. The second-order valence-corrected chi connectivity index (χ2v) is 6.28. The van der Waals surface area contributed by atoms with Crippen LogP contribution in [-0.2, 0) is 4.79 Å². The average Bonchev–Trinajstić information content (AvgIpc) is 3.17. The lowest BCUT2D eigenvalue weighted by atomic mass is 10.0. The molecule has 0 bridgehead atoms. The van der Waals surface area contributed by atoms with E-state index in [1.807, 2.05) is 35.2 Å². The lowest BCUT2D eigenvalue weighted by molar-refractivity contribution is -0.133. The molecule has 1 aliphatic heterocycles. The quantitative estimate of drug-likeness (QED) is 0.876. The maximum Gasteiger partial charge on any atom is 0.287 e. The van der Waals surface area contributed by atoms with E-state index in [9.17, 15) is 9.59 Å². The summed E-state index contributed by atoms with van der Waals surface area (Å²) in [6.07, 6.45) is 3.21. The van der Waals surface area contributed by atoms with Crippen molar-refractivity contribution in [2.24, 2.45) is 0 Å². The summed E-state index contributed by atoms with van der Waals surface area (Å²) >= 11 is 0. The molecular weight excluding hydrogens is 318 g/mol. The molecule has 2 amide bonds. The fraction of sp³-hybridized carbons (Fsp3) is 0.368. The molecule has 6 heteroatoms. The van der Waals surface area contributed by atoms with Gasteiger partial charge in [0.25, 0.3) is 5.91 Å². The van der Waals surface area contributed by atoms with Gasteiger partial charge in [0.05, 0.1) is 6.26 Å². The zero-order valence-electron chi connectivity index (χ0n) is 14.3. The van der Waals surface area contributed by atoms with Crippen molar-refractivity contribution in [3.8, 4) is 0 Å². The van der Waals surface area contributed by atoms with Crippen LogP contribution in [0.25, 0.3) is 0 Å². The van der Waals surface area contributed by atoms with Crippen molar-refractivity contribution in [1.82, 2.24) is 10.2 Å². The van der Waals surface area contributed by atoms with E-state index in [4.69, 9.17) is 4.42 Å². The number of para-hydroxylation sites is 1. The molecule has 25 heavy (non-hydrogen) atoms. The molecule has 1 saturated heterocycles.